The Hall–Kier alpha value is -2.37. The Morgan fingerprint density at radius 3 is 2.65 bits per heavy atom. The van der Waals surface area contributed by atoms with Gasteiger partial charge in [0.1, 0.15) is 0 Å². The van der Waals surface area contributed by atoms with Crippen LogP contribution in [0.5, 0.6) is 5.75 Å². The largest absolute Gasteiger partial charge is 0.488 e. The van der Waals surface area contributed by atoms with Gasteiger partial charge in [0.25, 0.3) is 0 Å². The molecule has 0 saturated carbocycles. The van der Waals surface area contributed by atoms with Crippen molar-refractivity contribution in [3.8, 4) is 5.75 Å². The summed E-state index contributed by atoms with van der Waals surface area (Å²) in [6.45, 7) is 0.477. The maximum absolute atomic E-state index is 10.7. The van der Waals surface area contributed by atoms with Gasteiger partial charge in [-0.15, -0.1) is 0 Å². The summed E-state index contributed by atoms with van der Waals surface area (Å²) in [5.41, 5.74) is 1.02. The molecule has 88 valence electrons. The van der Waals surface area contributed by atoms with Crippen molar-refractivity contribution in [1.29, 1.82) is 0 Å². The fraction of sp³-hybridized carbons (Fsp3) is 0.182. The molecular formula is C11H11N3O3. The molecule has 0 bridgehead atoms. The minimum Gasteiger partial charge on any atom is -0.488 e. The number of benzene rings is 1. The second-order valence-corrected chi connectivity index (χ2v) is 3.46. The van der Waals surface area contributed by atoms with Gasteiger partial charge in [0, 0.05) is 0 Å². The van der Waals surface area contributed by atoms with Gasteiger partial charge in [-0.3, -0.25) is 0 Å². The van der Waals surface area contributed by atoms with E-state index in [1.54, 1.807) is 0 Å². The van der Waals surface area contributed by atoms with Gasteiger partial charge in [0.15, 0.2) is 0 Å². The first kappa shape index (κ1) is 11.1. The Bertz CT molecular complexity index is 522. The van der Waals surface area contributed by atoms with Crippen LogP contribution in [0.2, 0.25) is 0 Å². The van der Waals surface area contributed by atoms with Gasteiger partial charge in [-0.2, -0.15) is 4.68 Å². The molecule has 0 amide bonds. The van der Waals surface area contributed by atoms with E-state index in [0.29, 0.717) is 6.54 Å². The van der Waals surface area contributed by atoms with E-state index in [1.807, 2.05) is 30.3 Å². The molecule has 0 atom stereocenters. The average molecular weight is 233 g/mol. The van der Waals surface area contributed by atoms with Crippen molar-refractivity contribution in [2.24, 2.45) is 0 Å². The quantitative estimate of drug-likeness (QED) is 0.596. The lowest BCUT2D eigenvalue weighted by molar-refractivity contribution is -0.390. The molecule has 6 heteroatoms. The van der Waals surface area contributed by atoms with E-state index in [1.165, 1.54) is 18.0 Å². The molecule has 0 N–H and O–H groups in total. The van der Waals surface area contributed by atoms with Crippen LogP contribution in [0.15, 0.2) is 36.5 Å². The summed E-state index contributed by atoms with van der Waals surface area (Å²) >= 11 is 0. The zero-order valence-electron chi connectivity index (χ0n) is 9.24. The Morgan fingerprint density at radius 1 is 1.41 bits per heavy atom. The van der Waals surface area contributed by atoms with Gasteiger partial charge in [-0.25, -0.2) is 0 Å². The van der Waals surface area contributed by atoms with E-state index in [-0.39, 0.29) is 11.6 Å². The van der Waals surface area contributed by atoms with E-state index in [0.717, 1.165) is 5.56 Å². The second-order valence-electron chi connectivity index (χ2n) is 3.46. The van der Waals surface area contributed by atoms with Crippen molar-refractivity contribution >= 4 is 5.82 Å². The van der Waals surface area contributed by atoms with Crippen molar-refractivity contribution in [3.63, 3.8) is 0 Å². The third kappa shape index (κ3) is 2.41. The maximum Gasteiger partial charge on any atom is 0.432 e. The highest BCUT2D eigenvalue weighted by Crippen LogP contribution is 2.24. The van der Waals surface area contributed by atoms with Crippen molar-refractivity contribution in [1.82, 2.24) is 9.78 Å². The van der Waals surface area contributed by atoms with E-state index in [9.17, 15) is 10.1 Å². The number of nitro groups is 1. The molecule has 1 aromatic heterocycles. The molecule has 1 aromatic carbocycles. The summed E-state index contributed by atoms with van der Waals surface area (Å²) in [6, 6.07) is 9.59. The van der Waals surface area contributed by atoms with Crippen LogP contribution in [-0.4, -0.2) is 21.8 Å². The summed E-state index contributed by atoms with van der Waals surface area (Å²) in [5.74, 6) is -0.0886. The Morgan fingerprint density at radius 2 is 2.12 bits per heavy atom. The molecule has 1 heterocycles. The first-order valence-electron chi connectivity index (χ1n) is 5.00. The van der Waals surface area contributed by atoms with Gasteiger partial charge in [-0.05, 0) is 10.5 Å². The molecule has 0 aliphatic heterocycles. The van der Waals surface area contributed by atoms with E-state index in [2.05, 4.69) is 5.10 Å². The summed E-state index contributed by atoms with van der Waals surface area (Å²) in [7, 11) is 1.39. The summed E-state index contributed by atoms with van der Waals surface area (Å²) < 4.78 is 6.39. The molecule has 0 aliphatic rings. The number of ether oxygens (including phenoxy) is 1. The van der Waals surface area contributed by atoms with Gasteiger partial charge in [-0.1, -0.05) is 30.3 Å². The lowest BCUT2D eigenvalue weighted by Gasteiger charge is -1.96. The minimum absolute atomic E-state index is 0.172. The lowest BCUT2D eigenvalue weighted by atomic mass is 10.2. The highest BCUT2D eigenvalue weighted by molar-refractivity contribution is 5.37. The molecule has 0 aliphatic carbocycles. The van der Waals surface area contributed by atoms with Crippen LogP contribution < -0.4 is 4.74 Å². The number of hydrogen-bond donors (Lipinski definition) is 0. The highest BCUT2D eigenvalue weighted by atomic mass is 16.6. The Labute approximate surface area is 97.6 Å². The van der Waals surface area contributed by atoms with Crippen LogP contribution >= 0.6 is 0 Å². The van der Waals surface area contributed by atoms with Crippen LogP contribution in [0.25, 0.3) is 0 Å². The normalized spacial score (nSPS) is 10.2. The van der Waals surface area contributed by atoms with E-state index >= 15 is 0 Å². The smallest absolute Gasteiger partial charge is 0.432 e. The van der Waals surface area contributed by atoms with Gasteiger partial charge in [0.05, 0.1) is 25.0 Å². The predicted octanol–water partition coefficient (Wildman–Crippen LogP) is 1.85. The fourth-order valence-corrected chi connectivity index (χ4v) is 1.51. The molecule has 0 spiro atoms. The first-order chi connectivity index (χ1) is 8.20. The summed E-state index contributed by atoms with van der Waals surface area (Å²) in [4.78, 5) is 10.1. The number of methoxy groups -OCH3 is 1. The van der Waals surface area contributed by atoms with Crippen LogP contribution in [-0.2, 0) is 6.54 Å². The molecule has 6 nitrogen and oxygen atoms in total. The summed E-state index contributed by atoms with van der Waals surface area (Å²) in [5, 5.41) is 14.6. The van der Waals surface area contributed by atoms with Gasteiger partial charge >= 0.3 is 5.82 Å². The lowest BCUT2D eigenvalue weighted by Crippen LogP contribution is -2.00. The Balaban J connectivity index is 2.26. The molecule has 2 rings (SSSR count). The van der Waals surface area contributed by atoms with Gasteiger partial charge < -0.3 is 14.9 Å². The van der Waals surface area contributed by atoms with Crippen molar-refractivity contribution < 1.29 is 9.66 Å². The highest BCUT2D eigenvalue weighted by Gasteiger charge is 2.21. The molecular weight excluding hydrogens is 222 g/mol. The van der Waals surface area contributed by atoms with Crippen LogP contribution in [0.4, 0.5) is 5.82 Å². The van der Waals surface area contributed by atoms with Crippen LogP contribution in [0.3, 0.4) is 0 Å². The number of aromatic nitrogens is 2. The molecule has 0 radical (unpaired) electrons. The standard InChI is InChI=1S/C11H11N3O3/c1-17-10-8-13(12-11(10)14(15)16)7-9-5-3-2-4-6-9/h2-6,8H,7H2,1H3. The monoisotopic (exact) mass is 233 g/mol. The first-order valence-corrected chi connectivity index (χ1v) is 5.00. The predicted molar refractivity (Wildman–Crippen MR) is 61.0 cm³/mol. The van der Waals surface area contributed by atoms with Crippen LogP contribution in [0.1, 0.15) is 5.56 Å². The summed E-state index contributed by atoms with van der Waals surface area (Å²) in [6.07, 6.45) is 1.52. The SMILES string of the molecule is COc1cn(Cc2ccccc2)nc1[N+](=O)[O-]. The molecule has 17 heavy (non-hydrogen) atoms. The molecule has 2 aromatic rings. The molecule has 0 unspecified atom stereocenters. The third-order valence-electron chi connectivity index (χ3n) is 2.29. The topological polar surface area (TPSA) is 70.2 Å². The second kappa shape index (κ2) is 4.65. The van der Waals surface area contributed by atoms with E-state index < -0.39 is 4.92 Å². The van der Waals surface area contributed by atoms with Crippen molar-refractivity contribution in [2.75, 3.05) is 7.11 Å². The van der Waals surface area contributed by atoms with E-state index in [4.69, 9.17) is 4.74 Å². The third-order valence-corrected chi connectivity index (χ3v) is 2.29. The minimum atomic E-state index is -0.555. The zero-order valence-corrected chi connectivity index (χ0v) is 9.24. The molecule has 0 fully saturated rings. The average Bonchev–Trinajstić information content (AvgIpc) is 2.73. The number of rotatable bonds is 4. The van der Waals surface area contributed by atoms with Crippen molar-refractivity contribution in [2.45, 2.75) is 6.54 Å². The number of hydrogen-bond acceptors (Lipinski definition) is 4. The molecule has 0 saturated heterocycles. The fourth-order valence-electron chi connectivity index (χ4n) is 1.51. The Kier molecular flexibility index (Phi) is 3.04. The zero-order chi connectivity index (χ0) is 12.3. The van der Waals surface area contributed by atoms with Crippen LogP contribution in [0, 0.1) is 10.1 Å². The number of nitrogens with zero attached hydrogens (tertiary/aromatic N) is 3. The maximum atomic E-state index is 10.7. The van der Waals surface area contributed by atoms with Crippen molar-refractivity contribution in [3.05, 3.63) is 52.2 Å². The van der Waals surface area contributed by atoms with Gasteiger partial charge in [0.2, 0.25) is 5.75 Å².